The Morgan fingerprint density at radius 3 is 3.07 bits per heavy atom. The Labute approximate surface area is 84.3 Å². The molecule has 0 saturated heterocycles. The second kappa shape index (κ2) is 5.23. The fourth-order valence-electron chi connectivity index (χ4n) is 1.24. The van der Waals surface area contributed by atoms with Crippen molar-refractivity contribution in [3.05, 3.63) is 24.0 Å². The molecule has 0 aliphatic rings. The van der Waals surface area contributed by atoms with Gasteiger partial charge in [-0.05, 0) is 19.4 Å². The summed E-state index contributed by atoms with van der Waals surface area (Å²) in [6, 6.07) is 5.41. The molecule has 0 fully saturated rings. The number of pyridine rings is 1. The van der Waals surface area contributed by atoms with E-state index in [0.717, 1.165) is 18.6 Å². The maximum absolute atomic E-state index is 8.63. The minimum Gasteiger partial charge on any atom is -0.491 e. The van der Waals surface area contributed by atoms with Crippen LogP contribution in [0, 0.1) is 11.3 Å². The van der Waals surface area contributed by atoms with Crippen LogP contribution < -0.4 is 4.74 Å². The van der Waals surface area contributed by atoms with E-state index in [1.165, 1.54) is 0 Å². The first kappa shape index (κ1) is 10.5. The second-order valence-electron chi connectivity index (χ2n) is 3.21. The lowest BCUT2D eigenvalue weighted by Crippen LogP contribution is -2.11. The van der Waals surface area contributed by atoms with Gasteiger partial charge in [0, 0.05) is 12.3 Å². The number of hydrogen-bond donors (Lipinski definition) is 0. The van der Waals surface area contributed by atoms with Gasteiger partial charge in [-0.1, -0.05) is 13.3 Å². The molecule has 1 heterocycles. The summed E-state index contributed by atoms with van der Waals surface area (Å²) in [5, 5.41) is 8.63. The number of nitrogens with zero attached hydrogens (tertiary/aromatic N) is 2. The predicted molar refractivity (Wildman–Crippen MR) is 54.0 cm³/mol. The number of ether oxygens (including phenoxy) is 1. The van der Waals surface area contributed by atoms with Crippen molar-refractivity contribution >= 4 is 0 Å². The van der Waals surface area contributed by atoms with Crippen LogP contribution in [0.2, 0.25) is 0 Å². The molecular weight excluding hydrogens is 176 g/mol. The van der Waals surface area contributed by atoms with Crippen LogP contribution in [0.1, 0.15) is 32.4 Å². The molecule has 1 aromatic rings. The summed E-state index contributed by atoms with van der Waals surface area (Å²) in [5.74, 6) is 0.720. The highest BCUT2D eigenvalue weighted by molar-refractivity contribution is 5.29. The Kier molecular flexibility index (Phi) is 3.93. The smallest absolute Gasteiger partial charge is 0.144 e. The summed E-state index contributed by atoms with van der Waals surface area (Å²) >= 11 is 0. The lowest BCUT2D eigenvalue weighted by Gasteiger charge is -2.13. The average molecular weight is 190 g/mol. The van der Waals surface area contributed by atoms with Gasteiger partial charge in [-0.3, -0.25) is 0 Å². The second-order valence-corrected chi connectivity index (χ2v) is 3.21. The van der Waals surface area contributed by atoms with E-state index in [1.807, 2.05) is 13.0 Å². The largest absolute Gasteiger partial charge is 0.491 e. The number of aromatic nitrogens is 1. The van der Waals surface area contributed by atoms with Crippen molar-refractivity contribution in [2.24, 2.45) is 0 Å². The van der Waals surface area contributed by atoms with Gasteiger partial charge in [-0.15, -0.1) is 0 Å². The molecule has 0 spiro atoms. The van der Waals surface area contributed by atoms with Gasteiger partial charge in [0.15, 0.2) is 0 Å². The SMILES string of the molecule is CCCC(C)Oc1ccnc(C#N)c1. The number of hydrogen-bond acceptors (Lipinski definition) is 3. The van der Waals surface area contributed by atoms with Crippen molar-refractivity contribution < 1.29 is 4.74 Å². The van der Waals surface area contributed by atoms with Crippen LogP contribution >= 0.6 is 0 Å². The standard InChI is InChI=1S/C11H14N2O/c1-3-4-9(2)14-11-5-6-13-10(7-11)8-12/h5-7,9H,3-4H2,1-2H3. The summed E-state index contributed by atoms with van der Waals surface area (Å²) in [4.78, 5) is 3.87. The van der Waals surface area contributed by atoms with Gasteiger partial charge in [-0.2, -0.15) is 5.26 Å². The van der Waals surface area contributed by atoms with Crippen molar-refractivity contribution in [3.8, 4) is 11.8 Å². The molecule has 1 aromatic heterocycles. The Bertz CT molecular complexity index is 330. The Morgan fingerprint density at radius 1 is 1.64 bits per heavy atom. The van der Waals surface area contributed by atoms with E-state index in [4.69, 9.17) is 10.00 Å². The fourth-order valence-corrected chi connectivity index (χ4v) is 1.24. The van der Waals surface area contributed by atoms with Gasteiger partial charge in [0.05, 0.1) is 6.10 Å². The van der Waals surface area contributed by atoms with Crippen LogP contribution in [-0.2, 0) is 0 Å². The highest BCUT2D eigenvalue weighted by Gasteiger charge is 2.03. The van der Waals surface area contributed by atoms with E-state index < -0.39 is 0 Å². The van der Waals surface area contributed by atoms with E-state index >= 15 is 0 Å². The van der Waals surface area contributed by atoms with E-state index in [9.17, 15) is 0 Å². The lowest BCUT2D eigenvalue weighted by atomic mass is 10.2. The molecular formula is C11H14N2O. The van der Waals surface area contributed by atoms with Crippen molar-refractivity contribution in [1.29, 1.82) is 5.26 Å². The van der Waals surface area contributed by atoms with E-state index in [-0.39, 0.29) is 6.10 Å². The van der Waals surface area contributed by atoms with E-state index in [1.54, 1.807) is 18.3 Å². The van der Waals surface area contributed by atoms with Crippen molar-refractivity contribution in [2.75, 3.05) is 0 Å². The van der Waals surface area contributed by atoms with Gasteiger partial charge in [0.2, 0.25) is 0 Å². The van der Waals surface area contributed by atoms with Crippen LogP contribution in [0.25, 0.3) is 0 Å². The van der Waals surface area contributed by atoms with Crippen LogP contribution in [0.3, 0.4) is 0 Å². The Hall–Kier alpha value is -1.56. The third-order valence-corrected chi connectivity index (χ3v) is 1.88. The molecule has 0 amide bonds. The summed E-state index contributed by atoms with van der Waals surface area (Å²) in [7, 11) is 0. The third kappa shape index (κ3) is 3.06. The average Bonchev–Trinajstić information content (AvgIpc) is 2.18. The summed E-state index contributed by atoms with van der Waals surface area (Å²) in [5.41, 5.74) is 0.395. The Balaban J connectivity index is 2.63. The first-order valence-electron chi connectivity index (χ1n) is 4.79. The molecule has 1 rings (SSSR count). The van der Waals surface area contributed by atoms with Gasteiger partial charge in [0.25, 0.3) is 0 Å². The summed E-state index contributed by atoms with van der Waals surface area (Å²) in [6.07, 6.45) is 3.89. The summed E-state index contributed by atoms with van der Waals surface area (Å²) in [6.45, 7) is 4.14. The molecule has 0 aliphatic heterocycles. The molecule has 0 radical (unpaired) electrons. The quantitative estimate of drug-likeness (QED) is 0.732. The maximum Gasteiger partial charge on any atom is 0.144 e. The fraction of sp³-hybridized carbons (Fsp3) is 0.455. The molecule has 1 unspecified atom stereocenters. The molecule has 3 heteroatoms. The highest BCUT2D eigenvalue weighted by atomic mass is 16.5. The first-order valence-corrected chi connectivity index (χ1v) is 4.79. The molecule has 0 aliphatic carbocycles. The summed E-state index contributed by atoms with van der Waals surface area (Å²) < 4.78 is 5.61. The molecule has 74 valence electrons. The topological polar surface area (TPSA) is 45.9 Å². The number of nitriles is 1. The van der Waals surface area contributed by atoms with Crippen molar-refractivity contribution in [1.82, 2.24) is 4.98 Å². The molecule has 0 aromatic carbocycles. The van der Waals surface area contributed by atoms with Crippen molar-refractivity contribution in [3.63, 3.8) is 0 Å². The molecule has 3 nitrogen and oxygen atoms in total. The number of rotatable bonds is 4. The molecule has 1 atom stereocenters. The van der Waals surface area contributed by atoms with Crippen LogP contribution in [0.4, 0.5) is 0 Å². The van der Waals surface area contributed by atoms with Gasteiger partial charge < -0.3 is 4.74 Å². The molecule has 0 N–H and O–H groups in total. The van der Waals surface area contributed by atoms with Gasteiger partial charge in [0.1, 0.15) is 17.5 Å². The van der Waals surface area contributed by atoms with Gasteiger partial charge in [-0.25, -0.2) is 4.98 Å². The molecule has 0 saturated carbocycles. The zero-order chi connectivity index (χ0) is 10.4. The Morgan fingerprint density at radius 2 is 2.43 bits per heavy atom. The van der Waals surface area contributed by atoms with E-state index in [2.05, 4.69) is 11.9 Å². The van der Waals surface area contributed by atoms with Gasteiger partial charge >= 0.3 is 0 Å². The normalized spacial score (nSPS) is 11.8. The zero-order valence-corrected chi connectivity index (χ0v) is 8.53. The molecule has 0 bridgehead atoms. The van der Waals surface area contributed by atoms with Crippen LogP contribution in [0.5, 0.6) is 5.75 Å². The minimum absolute atomic E-state index is 0.189. The monoisotopic (exact) mass is 190 g/mol. The maximum atomic E-state index is 8.63. The van der Waals surface area contributed by atoms with Crippen LogP contribution in [-0.4, -0.2) is 11.1 Å². The predicted octanol–water partition coefficient (Wildman–Crippen LogP) is 2.52. The third-order valence-electron chi connectivity index (χ3n) is 1.88. The minimum atomic E-state index is 0.189. The van der Waals surface area contributed by atoms with Crippen molar-refractivity contribution in [2.45, 2.75) is 32.8 Å². The molecule has 14 heavy (non-hydrogen) atoms. The highest BCUT2D eigenvalue weighted by Crippen LogP contribution is 2.14. The first-order chi connectivity index (χ1) is 6.76. The lowest BCUT2D eigenvalue weighted by molar-refractivity contribution is 0.209. The zero-order valence-electron chi connectivity index (χ0n) is 8.53. The van der Waals surface area contributed by atoms with E-state index in [0.29, 0.717) is 5.69 Å². The van der Waals surface area contributed by atoms with Crippen LogP contribution in [0.15, 0.2) is 18.3 Å².